The van der Waals surface area contributed by atoms with Gasteiger partial charge in [-0.25, -0.2) is 0 Å². The van der Waals surface area contributed by atoms with Crippen LogP contribution in [0.3, 0.4) is 0 Å². The quantitative estimate of drug-likeness (QED) is 0.425. The number of rotatable bonds is 8. The van der Waals surface area contributed by atoms with Gasteiger partial charge in [0.1, 0.15) is 17.2 Å². The molecule has 0 spiro atoms. The monoisotopic (exact) mass is 433 g/mol. The summed E-state index contributed by atoms with van der Waals surface area (Å²) in [5.74, 6) is 0.198. The highest BCUT2D eigenvalue weighted by Crippen LogP contribution is 2.40. The Morgan fingerprint density at radius 2 is 1.63 bits per heavy atom. The number of anilines is 1. The summed E-state index contributed by atoms with van der Waals surface area (Å²) < 4.78 is 26.9. The fourth-order valence-electron chi connectivity index (χ4n) is 3.00. The van der Waals surface area contributed by atoms with E-state index in [9.17, 15) is 9.59 Å². The van der Waals surface area contributed by atoms with E-state index < -0.39 is 11.7 Å². The first kappa shape index (κ1) is 21.3. The molecular formula is C21H20ClNO7. The van der Waals surface area contributed by atoms with Crippen LogP contribution in [0.25, 0.3) is 11.0 Å². The summed E-state index contributed by atoms with van der Waals surface area (Å²) in [6.07, 6.45) is 0. The second kappa shape index (κ2) is 8.96. The number of amides is 1. The number of ether oxygens (including phenoxy) is 4. The van der Waals surface area contributed by atoms with Gasteiger partial charge >= 0.3 is 0 Å². The second-order valence-corrected chi connectivity index (χ2v) is 6.36. The molecule has 0 aliphatic rings. The summed E-state index contributed by atoms with van der Waals surface area (Å²) in [6, 6.07) is 8.02. The normalized spacial score (nSPS) is 10.6. The maximum atomic E-state index is 13.3. The molecule has 158 valence electrons. The molecule has 0 bridgehead atoms. The van der Waals surface area contributed by atoms with Crippen molar-refractivity contribution in [3.8, 4) is 23.0 Å². The zero-order valence-corrected chi connectivity index (χ0v) is 17.6. The van der Waals surface area contributed by atoms with E-state index in [-0.39, 0.29) is 22.9 Å². The summed E-state index contributed by atoms with van der Waals surface area (Å²) in [5.41, 5.74) is 0.809. The Hall–Kier alpha value is -3.39. The summed E-state index contributed by atoms with van der Waals surface area (Å²) in [7, 11) is 5.88. The van der Waals surface area contributed by atoms with Crippen LogP contribution >= 0.6 is 11.6 Å². The van der Waals surface area contributed by atoms with Crippen molar-refractivity contribution in [2.75, 3.05) is 39.6 Å². The number of methoxy groups -OCH3 is 4. The Morgan fingerprint density at radius 3 is 2.17 bits per heavy atom. The molecular weight excluding hydrogens is 414 g/mol. The molecule has 0 saturated heterocycles. The number of fused-ring (bicyclic) bond motifs is 1. The highest BCUT2D eigenvalue weighted by molar-refractivity contribution is 6.30. The number of hydrogen-bond donors (Lipinski definition) is 1. The Balaban J connectivity index is 2.18. The molecule has 3 rings (SSSR count). The Kier molecular flexibility index (Phi) is 6.37. The molecule has 0 radical (unpaired) electrons. The van der Waals surface area contributed by atoms with Gasteiger partial charge < -0.3 is 28.7 Å². The third-order valence-corrected chi connectivity index (χ3v) is 4.66. The molecule has 1 aromatic heterocycles. The van der Waals surface area contributed by atoms with Crippen LogP contribution in [0.2, 0.25) is 0 Å². The first-order chi connectivity index (χ1) is 14.5. The SMILES string of the molecule is COc1ccc2c(NC(=O)CCl)c(C(=O)c3cc(OC)c(OC)c(OC)c3)oc2c1. The highest BCUT2D eigenvalue weighted by atomic mass is 35.5. The highest BCUT2D eigenvalue weighted by Gasteiger charge is 2.26. The molecule has 8 nitrogen and oxygen atoms in total. The third kappa shape index (κ3) is 3.86. The number of carbonyl (C=O) groups is 2. The fourth-order valence-corrected chi connectivity index (χ4v) is 3.07. The van der Waals surface area contributed by atoms with Gasteiger partial charge in [0.05, 0.1) is 34.1 Å². The Morgan fingerprint density at radius 1 is 0.967 bits per heavy atom. The number of benzene rings is 2. The number of ketones is 1. The van der Waals surface area contributed by atoms with Crippen molar-refractivity contribution in [3.05, 3.63) is 41.7 Å². The van der Waals surface area contributed by atoms with Crippen molar-refractivity contribution in [2.24, 2.45) is 0 Å². The second-order valence-electron chi connectivity index (χ2n) is 6.09. The maximum absolute atomic E-state index is 13.3. The topological polar surface area (TPSA) is 96.2 Å². The van der Waals surface area contributed by atoms with Crippen LogP contribution < -0.4 is 24.3 Å². The van der Waals surface area contributed by atoms with Crippen LogP contribution in [-0.2, 0) is 4.79 Å². The van der Waals surface area contributed by atoms with Crippen molar-refractivity contribution in [3.63, 3.8) is 0 Å². The van der Waals surface area contributed by atoms with Gasteiger partial charge in [-0.05, 0) is 24.3 Å². The van der Waals surface area contributed by atoms with Gasteiger partial charge in [0, 0.05) is 17.0 Å². The predicted octanol–water partition coefficient (Wildman–Crippen LogP) is 3.88. The molecule has 30 heavy (non-hydrogen) atoms. The van der Waals surface area contributed by atoms with Gasteiger partial charge in [0.15, 0.2) is 17.3 Å². The van der Waals surface area contributed by atoms with Crippen molar-refractivity contribution >= 4 is 39.9 Å². The van der Waals surface area contributed by atoms with Crippen LogP contribution in [0.5, 0.6) is 23.0 Å². The van der Waals surface area contributed by atoms with Crippen LogP contribution in [0.15, 0.2) is 34.7 Å². The third-order valence-electron chi connectivity index (χ3n) is 4.42. The van der Waals surface area contributed by atoms with Crippen molar-refractivity contribution in [1.82, 2.24) is 0 Å². The van der Waals surface area contributed by atoms with Gasteiger partial charge in [-0.2, -0.15) is 0 Å². The molecule has 0 aliphatic heterocycles. The molecule has 9 heteroatoms. The Labute approximate surface area is 177 Å². The van der Waals surface area contributed by atoms with E-state index in [4.69, 9.17) is 35.0 Å². The number of alkyl halides is 1. The van der Waals surface area contributed by atoms with Gasteiger partial charge in [0.25, 0.3) is 0 Å². The van der Waals surface area contributed by atoms with E-state index in [0.29, 0.717) is 34.0 Å². The smallest absolute Gasteiger partial charge is 0.239 e. The number of nitrogens with one attached hydrogen (secondary N) is 1. The Bertz CT molecular complexity index is 1080. The molecule has 0 saturated carbocycles. The number of hydrogen-bond acceptors (Lipinski definition) is 7. The van der Waals surface area contributed by atoms with E-state index in [1.165, 1.54) is 40.6 Å². The van der Waals surface area contributed by atoms with E-state index in [1.807, 2.05) is 0 Å². The number of furan rings is 1. The lowest BCUT2D eigenvalue weighted by Gasteiger charge is -2.13. The first-order valence-electron chi connectivity index (χ1n) is 8.78. The first-order valence-corrected chi connectivity index (χ1v) is 9.31. The van der Waals surface area contributed by atoms with Gasteiger partial charge in [-0.15, -0.1) is 11.6 Å². The summed E-state index contributed by atoms with van der Waals surface area (Å²) in [6.45, 7) is 0. The summed E-state index contributed by atoms with van der Waals surface area (Å²) in [5, 5.41) is 3.17. The maximum Gasteiger partial charge on any atom is 0.239 e. The van der Waals surface area contributed by atoms with Gasteiger partial charge in [-0.1, -0.05) is 0 Å². The largest absolute Gasteiger partial charge is 0.497 e. The molecule has 0 aliphatic carbocycles. The molecule has 1 amide bonds. The average molecular weight is 434 g/mol. The van der Waals surface area contributed by atoms with Crippen molar-refractivity contribution < 1.29 is 33.0 Å². The average Bonchev–Trinajstić information content (AvgIpc) is 3.14. The van der Waals surface area contributed by atoms with Crippen LogP contribution in [0.1, 0.15) is 16.1 Å². The summed E-state index contributed by atoms with van der Waals surface area (Å²) >= 11 is 5.63. The zero-order chi connectivity index (χ0) is 21.8. The zero-order valence-electron chi connectivity index (χ0n) is 16.8. The molecule has 0 atom stereocenters. The molecule has 1 heterocycles. The number of carbonyl (C=O) groups excluding carboxylic acids is 2. The lowest BCUT2D eigenvalue weighted by Crippen LogP contribution is -2.15. The van der Waals surface area contributed by atoms with E-state index >= 15 is 0 Å². The minimum Gasteiger partial charge on any atom is -0.497 e. The van der Waals surface area contributed by atoms with Crippen LogP contribution in [-0.4, -0.2) is 46.0 Å². The molecule has 0 unspecified atom stereocenters. The van der Waals surface area contributed by atoms with Gasteiger partial charge in [-0.3, -0.25) is 9.59 Å². The summed E-state index contributed by atoms with van der Waals surface area (Å²) in [4.78, 5) is 25.3. The van der Waals surface area contributed by atoms with Crippen LogP contribution in [0, 0.1) is 0 Å². The molecule has 3 aromatic rings. The molecule has 1 N–H and O–H groups in total. The van der Waals surface area contributed by atoms with Gasteiger partial charge in [0.2, 0.25) is 17.4 Å². The van der Waals surface area contributed by atoms with Crippen molar-refractivity contribution in [2.45, 2.75) is 0 Å². The van der Waals surface area contributed by atoms with E-state index in [0.717, 1.165) is 0 Å². The minimum atomic E-state index is -0.491. The minimum absolute atomic E-state index is 0.0639. The fraction of sp³-hybridized carbons (Fsp3) is 0.238. The molecule has 2 aromatic carbocycles. The lowest BCUT2D eigenvalue weighted by atomic mass is 10.1. The van der Waals surface area contributed by atoms with Crippen molar-refractivity contribution in [1.29, 1.82) is 0 Å². The molecule has 0 fully saturated rings. The van der Waals surface area contributed by atoms with E-state index in [2.05, 4.69) is 5.32 Å². The standard InChI is InChI=1S/C21H20ClNO7/c1-26-12-5-6-13-14(9-12)30-21(18(13)23-17(24)10-22)19(25)11-7-15(27-2)20(29-4)16(8-11)28-3/h5-9H,10H2,1-4H3,(H,23,24). The van der Waals surface area contributed by atoms with E-state index in [1.54, 1.807) is 18.2 Å². The van der Waals surface area contributed by atoms with Crippen LogP contribution in [0.4, 0.5) is 5.69 Å². The number of halogens is 1. The predicted molar refractivity (Wildman–Crippen MR) is 112 cm³/mol. The lowest BCUT2D eigenvalue weighted by molar-refractivity contribution is -0.113.